The van der Waals surface area contributed by atoms with Crippen LogP contribution in [0.3, 0.4) is 0 Å². The summed E-state index contributed by atoms with van der Waals surface area (Å²) in [5.74, 6) is -2.18. The summed E-state index contributed by atoms with van der Waals surface area (Å²) in [6.07, 6.45) is 1.83. The zero-order valence-electron chi connectivity index (χ0n) is 10.2. The van der Waals surface area contributed by atoms with Crippen molar-refractivity contribution in [2.45, 2.75) is 31.0 Å². The van der Waals surface area contributed by atoms with E-state index in [9.17, 15) is 13.6 Å². The highest BCUT2D eigenvalue weighted by Gasteiger charge is 2.12. The Labute approximate surface area is 114 Å². The first-order chi connectivity index (χ1) is 8.54. The average molecular weight is 320 g/mol. The van der Waals surface area contributed by atoms with Gasteiger partial charge in [-0.2, -0.15) is 0 Å². The fraction of sp³-hybridized carbons (Fsp3) is 0.462. The molecule has 1 atom stereocenters. The molecule has 1 rings (SSSR count). The third-order valence-electron chi connectivity index (χ3n) is 2.51. The lowest BCUT2D eigenvalue weighted by atomic mass is 10.1. The first-order valence-corrected chi connectivity index (χ1v) is 6.79. The zero-order valence-corrected chi connectivity index (χ0v) is 11.8. The highest BCUT2D eigenvalue weighted by Crippen LogP contribution is 2.12. The van der Waals surface area contributed by atoms with E-state index in [4.69, 9.17) is 0 Å². The van der Waals surface area contributed by atoms with Gasteiger partial charge in [-0.05, 0) is 12.5 Å². The molecular formula is C13H16BrF2NO. The monoisotopic (exact) mass is 319 g/mol. The van der Waals surface area contributed by atoms with Crippen LogP contribution >= 0.6 is 15.9 Å². The Morgan fingerprint density at radius 3 is 2.83 bits per heavy atom. The molecule has 100 valence electrons. The van der Waals surface area contributed by atoms with Gasteiger partial charge in [-0.25, -0.2) is 8.78 Å². The molecule has 1 aromatic rings. The van der Waals surface area contributed by atoms with Crippen LogP contribution in [0.4, 0.5) is 8.78 Å². The molecule has 2 nitrogen and oxygen atoms in total. The van der Waals surface area contributed by atoms with E-state index < -0.39 is 11.6 Å². The summed E-state index contributed by atoms with van der Waals surface area (Å²) in [6.45, 7) is 2.54. The molecule has 0 bridgehead atoms. The van der Waals surface area contributed by atoms with Crippen molar-refractivity contribution in [2.75, 3.05) is 6.54 Å². The van der Waals surface area contributed by atoms with Crippen molar-refractivity contribution in [2.24, 2.45) is 0 Å². The summed E-state index contributed by atoms with van der Waals surface area (Å²) in [5, 5.41) is 2.69. The van der Waals surface area contributed by atoms with E-state index in [1.54, 1.807) is 0 Å². The van der Waals surface area contributed by atoms with Crippen LogP contribution in [-0.2, 0) is 11.2 Å². The number of hydrogen-bond donors (Lipinski definition) is 1. The Morgan fingerprint density at radius 1 is 1.44 bits per heavy atom. The second-order valence-corrected chi connectivity index (χ2v) is 5.37. The van der Waals surface area contributed by atoms with Gasteiger partial charge < -0.3 is 5.32 Å². The van der Waals surface area contributed by atoms with E-state index >= 15 is 0 Å². The molecule has 0 fully saturated rings. The minimum Gasteiger partial charge on any atom is -0.355 e. The minimum atomic E-state index is -0.948. The Balaban J connectivity index is 2.47. The number of benzene rings is 1. The molecule has 0 aliphatic rings. The second-order valence-electron chi connectivity index (χ2n) is 4.08. The first kappa shape index (κ1) is 15.1. The number of amides is 1. The molecule has 1 amide bonds. The summed E-state index contributed by atoms with van der Waals surface area (Å²) >= 11 is 3.43. The number of nitrogens with one attached hydrogen (secondary N) is 1. The van der Waals surface area contributed by atoms with Gasteiger partial charge in [0.1, 0.15) is 0 Å². The lowest BCUT2D eigenvalue weighted by Crippen LogP contribution is -2.31. The molecule has 0 aliphatic heterocycles. The molecule has 0 radical (unpaired) electrons. The standard InChI is InChI=1S/C13H16BrF2NO/c1-2-4-10(14)8-17-12(18)7-9-5-3-6-11(15)13(9)16/h3,5-6,10H,2,4,7-8H2,1H3,(H,17,18). The van der Waals surface area contributed by atoms with E-state index in [0.29, 0.717) is 6.54 Å². The van der Waals surface area contributed by atoms with Crippen molar-refractivity contribution in [1.82, 2.24) is 5.32 Å². The number of hydrogen-bond acceptors (Lipinski definition) is 1. The van der Waals surface area contributed by atoms with Crippen molar-refractivity contribution >= 4 is 21.8 Å². The summed E-state index contributed by atoms with van der Waals surface area (Å²) in [7, 11) is 0. The van der Waals surface area contributed by atoms with Crippen LogP contribution in [0.1, 0.15) is 25.3 Å². The van der Waals surface area contributed by atoms with Crippen LogP contribution in [0.5, 0.6) is 0 Å². The Morgan fingerprint density at radius 2 is 2.17 bits per heavy atom. The topological polar surface area (TPSA) is 29.1 Å². The van der Waals surface area contributed by atoms with Gasteiger partial charge in [0.25, 0.3) is 0 Å². The summed E-state index contributed by atoms with van der Waals surface area (Å²) < 4.78 is 26.2. The lowest BCUT2D eigenvalue weighted by molar-refractivity contribution is -0.120. The van der Waals surface area contributed by atoms with Gasteiger partial charge in [-0.3, -0.25) is 4.79 Å². The number of carbonyl (C=O) groups is 1. The first-order valence-electron chi connectivity index (χ1n) is 5.88. The van der Waals surface area contributed by atoms with Gasteiger partial charge in [0.15, 0.2) is 11.6 Å². The van der Waals surface area contributed by atoms with E-state index in [1.165, 1.54) is 12.1 Å². The van der Waals surface area contributed by atoms with Crippen LogP contribution < -0.4 is 5.32 Å². The summed E-state index contributed by atoms with van der Waals surface area (Å²) in [4.78, 5) is 11.8. The Bertz CT molecular complexity index is 412. The van der Waals surface area contributed by atoms with Crippen molar-refractivity contribution < 1.29 is 13.6 Å². The van der Waals surface area contributed by atoms with E-state index in [-0.39, 0.29) is 22.7 Å². The van der Waals surface area contributed by atoms with E-state index in [1.807, 2.05) is 0 Å². The number of alkyl halides is 1. The maximum atomic E-state index is 13.3. The molecule has 0 aromatic heterocycles. The molecule has 1 unspecified atom stereocenters. The van der Waals surface area contributed by atoms with Gasteiger partial charge in [0.2, 0.25) is 5.91 Å². The SMILES string of the molecule is CCCC(Br)CNC(=O)Cc1cccc(F)c1F. The van der Waals surface area contributed by atoms with Crippen molar-refractivity contribution in [1.29, 1.82) is 0 Å². The maximum Gasteiger partial charge on any atom is 0.224 e. The van der Waals surface area contributed by atoms with Crippen LogP contribution in [0, 0.1) is 11.6 Å². The zero-order chi connectivity index (χ0) is 13.5. The number of carbonyl (C=O) groups excluding carboxylic acids is 1. The second kappa shape index (κ2) is 7.46. The largest absolute Gasteiger partial charge is 0.355 e. The minimum absolute atomic E-state index is 0.0779. The molecule has 1 N–H and O–H groups in total. The molecule has 0 aliphatic carbocycles. The van der Waals surface area contributed by atoms with Crippen LogP contribution in [0.2, 0.25) is 0 Å². The molecule has 1 aromatic carbocycles. The van der Waals surface area contributed by atoms with Gasteiger partial charge in [-0.1, -0.05) is 41.4 Å². The predicted octanol–water partition coefficient (Wildman–Crippen LogP) is 3.19. The Hall–Kier alpha value is -0.970. The Kier molecular flexibility index (Phi) is 6.25. The van der Waals surface area contributed by atoms with Crippen LogP contribution in [-0.4, -0.2) is 17.3 Å². The molecule has 0 heterocycles. The molecule has 0 spiro atoms. The van der Waals surface area contributed by atoms with Gasteiger partial charge in [0, 0.05) is 16.9 Å². The summed E-state index contributed by atoms with van der Waals surface area (Å²) in [5.41, 5.74) is 0.0779. The molecule has 5 heteroatoms. The van der Waals surface area contributed by atoms with E-state index in [2.05, 4.69) is 28.2 Å². The van der Waals surface area contributed by atoms with Crippen LogP contribution in [0.25, 0.3) is 0 Å². The quantitative estimate of drug-likeness (QED) is 0.802. The molecular weight excluding hydrogens is 304 g/mol. The van der Waals surface area contributed by atoms with Crippen molar-refractivity contribution in [3.8, 4) is 0 Å². The highest BCUT2D eigenvalue weighted by atomic mass is 79.9. The maximum absolute atomic E-state index is 13.3. The molecule has 0 saturated carbocycles. The number of rotatable bonds is 6. The van der Waals surface area contributed by atoms with Crippen molar-refractivity contribution in [3.63, 3.8) is 0 Å². The van der Waals surface area contributed by atoms with Gasteiger partial charge >= 0.3 is 0 Å². The fourth-order valence-corrected chi connectivity index (χ4v) is 2.18. The third kappa shape index (κ3) is 4.72. The fourth-order valence-electron chi connectivity index (χ4n) is 1.56. The smallest absolute Gasteiger partial charge is 0.224 e. The average Bonchev–Trinajstić information content (AvgIpc) is 2.33. The third-order valence-corrected chi connectivity index (χ3v) is 3.29. The van der Waals surface area contributed by atoms with E-state index in [0.717, 1.165) is 18.9 Å². The lowest BCUT2D eigenvalue weighted by Gasteiger charge is -2.10. The molecule has 18 heavy (non-hydrogen) atoms. The predicted molar refractivity (Wildman–Crippen MR) is 70.7 cm³/mol. The van der Waals surface area contributed by atoms with Gasteiger partial charge in [-0.15, -0.1) is 0 Å². The summed E-state index contributed by atoms with van der Waals surface area (Å²) in [6, 6.07) is 3.84. The number of halogens is 3. The highest BCUT2D eigenvalue weighted by molar-refractivity contribution is 9.09. The normalized spacial score (nSPS) is 12.2. The van der Waals surface area contributed by atoms with Crippen LogP contribution in [0.15, 0.2) is 18.2 Å². The van der Waals surface area contributed by atoms with Gasteiger partial charge in [0.05, 0.1) is 6.42 Å². The molecule has 0 saturated heterocycles. The van der Waals surface area contributed by atoms with Crippen molar-refractivity contribution in [3.05, 3.63) is 35.4 Å².